The summed E-state index contributed by atoms with van der Waals surface area (Å²) in [6, 6.07) is 5.63. The summed E-state index contributed by atoms with van der Waals surface area (Å²) >= 11 is 0. The zero-order valence-electron chi connectivity index (χ0n) is 8.94. The average Bonchev–Trinajstić information content (AvgIpc) is 2.79. The molecule has 0 radical (unpaired) electrons. The van der Waals surface area contributed by atoms with Gasteiger partial charge in [-0.15, -0.1) is 0 Å². The third-order valence-corrected chi connectivity index (χ3v) is 2.95. The molecule has 0 aromatic carbocycles. The van der Waals surface area contributed by atoms with Crippen molar-refractivity contribution in [3.63, 3.8) is 0 Å². The zero-order valence-corrected chi connectivity index (χ0v) is 8.94. The van der Waals surface area contributed by atoms with E-state index in [1.807, 2.05) is 0 Å². The summed E-state index contributed by atoms with van der Waals surface area (Å²) in [7, 11) is 0. The molecule has 1 aromatic heterocycles. The first-order valence-electron chi connectivity index (χ1n) is 5.40. The van der Waals surface area contributed by atoms with Gasteiger partial charge in [0.25, 0.3) is 5.91 Å². The van der Waals surface area contributed by atoms with Gasteiger partial charge in [-0.2, -0.15) is 5.26 Å². The summed E-state index contributed by atoms with van der Waals surface area (Å²) in [6.07, 6.45) is 6.62. The summed E-state index contributed by atoms with van der Waals surface area (Å²) in [6.45, 7) is 0. The lowest BCUT2D eigenvalue weighted by molar-refractivity contribution is 0.0920. The molecule has 0 aliphatic heterocycles. The first kappa shape index (κ1) is 10.6. The molecule has 1 aliphatic carbocycles. The van der Waals surface area contributed by atoms with Gasteiger partial charge < -0.3 is 5.32 Å². The quantitative estimate of drug-likeness (QED) is 0.815. The van der Waals surface area contributed by atoms with Gasteiger partial charge in [-0.1, -0.05) is 0 Å². The molecule has 1 fully saturated rings. The molecule has 1 aliphatic rings. The van der Waals surface area contributed by atoms with Gasteiger partial charge in [0.1, 0.15) is 5.54 Å². The third-order valence-electron chi connectivity index (χ3n) is 2.95. The van der Waals surface area contributed by atoms with E-state index in [9.17, 15) is 4.79 Å². The summed E-state index contributed by atoms with van der Waals surface area (Å²) in [5, 5.41) is 12.0. The molecule has 1 amide bonds. The number of hydrogen-bond acceptors (Lipinski definition) is 3. The van der Waals surface area contributed by atoms with Gasteiger partial charge in [0, 0.05) is 12.4 Å². The third kappa shape index (κ3) is 2.03. The molecule has 0 unspecified atom stereocenters. The fourth-order valence-corrected chi connectivity index (χ4v) is 2.03. The van der Waals surface area contributed by atoms with Crippen molar-refractivity contribution in [2.75, 3.05) is 0 Å². The first-order valence-corrected chi connectivity index (χ1v) is 5.40. The Labute approximate surface area is 94.3 Å². The normalized spacial score (nSPS) is 17.7. The van der Waals surface area contributed by atoms with Crippen molar-refractivity contribution in [1.82, 2.24) is 10.3 Å². The van der Waals surface area contributed by atoms with E-state index in [-0.39, 0.29) is 5.91 Å². The van der Waals surface area contributed by atoms with Gasteiger partial charge in [0.05, 0.1) is 11.6 Å². The number of nitriles is 1. The highest BCUT2D eigenvalue weighted by Crippen LogP contribution is 2.29. The van der Waals surface area contributed by atoms with Crippen LogP contribution in [-0.2, 0) is 0 Å². The molecule has 1 heterocycles. The largest absolute Gasteiger partial charge is 0.334 e. The van der Waals surface area contributed by atoms with Crippen LogP contribution < -0.4 is 5.32 Å². The maximum atomic E-state index is 11.9. The van der Waals surface area contributed by atoms with Crippen LogP contribution in [0.5, 0.6) is 0 Å². The molecular weight excluding hydrogens is 202 g/mol. The van der Waals surface area contributed by atoms with E-state index in [2.05, 4.69) is 16.4 Å². The molecule has 2 rings (SSSR count). The molecule has 1 saturated carbocycles. The predicted molar refractivity (Wildman–Crippen MR) is 58.5 cm³/mol. The van der Waals surface area contributed by atoms with Crippen LogP contribution >= 0.6 is 0 Å². The van der Waals surface area contributed by atoms with Crippen LogP contribution in [-0.4, -0.2) is 16.4 Å². The van der Waals surface area contributed by atoms with E-state index in [0.717, 1.165) is 25.7 Å². The number of nitrogens with zero attached hydrogens (tertiary/aromatic N) is 2. The monoisotopic (exact) mass is 215 g/mol. The molecular formula is C12H13N3O. The second kappa shape index (κ2) is 4.31. The average molecular weight is 215 g/mol. The lowest BCUT2D eigenvalue weighted by Crippen LogP contribution is -2.45. The number of nitrogens with one attached hydrogen (secondary N) is 1. The van der Waals surface area contributed by atoms with Gasteiger partial charge in [-0.05, 0) is 37.8 Å². The van der Waals surface area contributed by atoms with E-state index < -0.39 is 5.54 Å². The van der Waals surface area contributed by atoms with Crippen LogP contribution in [0.15, 0.2) is 24.5 Å². The van der Waals surface area contributed by atoms with Crippen LogP contribution in [0.4, 0.5) is 0 Å². The smallest absolute Gasteiger partial charge is 0.254 e. The molecule has 0 bridgehead atoms. The zero-order chi connectivity index (χ0) is 11.4. The highest BCUT2D eigenvalue weighted by Gasteiger charge is 2.35. The van der Waals surface area contributed by atoms with Crippen molar-refractivity contribution < 1.29 is 4.79 Å². The number of rotatable bonds is 2. The van der Waals surface area contributed by atoms with Gasteiger partial charge in [0.2, 0.25) is 0 Å². The maximum Gasteiger partial charge on any atom is 0.254 e. The van der Waals surface area contributed by atoms with Gasteiger partial charge in [0.15, 0.2) is 0 Å². The van der Waals surface area contributed by atoms with Gasteiger partial charge in [-0.3, -0.25) is 9.78 Å². The second-order valence-electron chi connectivity index (χ2n) is 4.10. The van der Waals surface area contributed by atoms with E-state index in [0.29, 0.717) is 5.56 Å². The van der Waals surface area contributed by atoms with Crippen molar-refractivity contribution in [3.8, 4) is 6.07 Å². The highest BCUT2D eigenvalue weighted by atomic mass is 16.1. The van der Waals surface area contributed by atoms with Crippen molar-refractivity contribution in [3.05, 3.63) is 30.1 Å². The Morgan fingerprint density at radius 3 is 2.81 bits per heavy atom. The predicted octanol–water partition coefficient (Wildman–Crippen LogP) is 1.65. The standard InChI is InChI=1S/C12H13N3O/c13-9-12(5-1-2-6-12)15-11(16)10-4-3-7-14-8-10/h3-4,7-8H,1-2,5-6H2,(H,15,16). The van der Waals surface area contributed by atoms with E-state index in [4.69, 9.17) is 5.26 Å². The van der Waals surface area contributed by atoms with Crippen LogP contribution in [0.25, 0.3) is 0 Å². The molecule has 4 heteroatoms. The van der Waals surface area contributed by atoms with Crippen molar-refractivity contribution >= 4 is 5.91 Å². The fourth-order valence-electron chi connectivity index (χ4n) is 2.03. The van der Waals surface area contributed by atoms with E-state index in [1.54, 1.807) is 18.3 Å². The number of carbonyl (C=O) groups is 1. The van der Waals surface area contributed by atoms with Crippen molar-refractivity contribution in [1.29, 1.82) is 5.26 Å². The summed E-state index contributed by atoms with van der Waals surface area (Å²) in [4.78, 5) is 15.7. The van der Waals surface area contributed by atoms with Crippen LogP contribution in [0.1, 0.15) is 36.0 Å². The fraction of sp³-hybridized carbons (Fsp3) is 0.417. The Hall–Kier alpha value is -1.89. The Morgan fingerprint density at radius 1 is 1.50 bits per heavy atom. The number of pyridine rings is 1. The van der Waals surface area contributed by atoms with Gasteiger partial charge >= 0.3 is 0 Å². The molecule has 0 atom stereocenters. The summed E-state index contributed by atoms with van der Waals surface area (Å²) in [5.41, 5.74) is -0.156. The second-order valence-corrected chi connectivity index (χ2v) is 4.10. The van der Waals surface area contributed by atoms with Gasteiger partial charge in [-0.25, -0.2) is 0 Å². The molecule has 0 spiro atoms. The summed E-state index contributed by atoms with van der Waals surface area (Å²) in [5.74, 6) is -0.212. The molecule has 1 aromatic rings. The maximum absolute atomic E-state index is 11.9. The minimum absolute atomic E-state index is 0.212. The minimum atomic E-state index is -0.660. The lowest BCUT2D eigenvalue weighted by Gasteiger charge is -2.21. The Morgan fingerprint density at radius 2 is 2.25 bits per heavy atom. The number of aromatic nitrogens is 1. The van der Waals surface area contributed by atoms with Crippen LogP contribution in [0.2, 0.25) is 0 Å². The van der Waals surface area contributed by atoms with Crippen LogP contribution in [0.3, 0.4) is 0 Å². The Kier molecular flexibility index (Phi) is 2.86. The number of amides is 1. The van der Waals surface area contributed by atoms with E-state index >= 15 is 0 Å². The molecule has 4 nitrogen and oxygen atoms in total. The SMILES string of the molecule is N#CC1(NC(=O)c2cccnc2)CCCC1. The summed E-state index contributed by atoms with van der Waals surface area (Å²) < 4.78 is 0. The number of hydrogen-bond donors (Lipinski definition) is 1. The number of carbonyl (C=O) groups excluding carboxylic acids is 1. The molecule has 16 heavy (non-hydrogen) atoms. The molecule has 1 N–H and O–H groups in total. The first-order chi connectivity index (χ1) is 7.76. The Balaban J connectivity index is 2.11. The van der Waals surface area contributed by atoms with Crippen LogP contribution in [0, 0.1) is 11.3 Å². The molecule has 0 saturated heterocycles. The lowest BCUT2D eigenvalue weighted by atomic mass is 9.99. The topological polar surface area (TPSA) is 65.8 Å². The minimum Gasteiger partial charge on any atom is -0.334 e. The molecule has 82 valence electrons. The Bertz CT molecular complexity index is 416. The van der Waals surface area contributed by atoms with Crippen molar-refractivity contribution in [2.24, 2.45) is 0 Å². The van der Waals surface area contributed by atoms with Crippen molar-refractivity contribution in [2.45, 2.75) is 31.2 Å². The highest BCUT2D eigenvalue weighted by molar-refractivity contribution is 5.94. The van der Waals surface area contributed by atoms with E-state index in [1.165, 1.54) is 6.20 Å².